The van der Waals surface area contributed by atoms with Crippen molar-refractivity contribution in [2.45, 2.75) is 11.3 Å². The Labute approximate surface area is 114 Å². The number of carbonyl (C=O) groups is 1. The van der Waals surface area contributed by atoms with Crippen LogP contribution in [-0.4, -0.2) is 12.2 Å². The first-order chi connectivity index (χ1) is 8.54. The number of thiazole rings is 1. The average Bonchev–Trinajstić information content (AvgIpc) is 2.66. The zero-order valence-electron chi connectivity index (χ0n) is 10.1. The molecule has 0 radical (unpaired) electrons. The van der Waals surface area contributed by atoms with Crippen molar-refractivity contribution in [3.05, 3.63) is 34.7 Å². The van der Waals surface area contributed by atoms with Gasteiger partial charge >= 0.3 is 5.82 Å². The van der Waals surface area contributed by atoms with Crippen LogP contribution in [0.25, 0.3) is 5.69 Å². The third-order valence-corrected chi connectivity index (χ3v) is 4.76. The molecule has 94 valence electrons. The minimum absolute atomic E-state index is 0.404. The molecule has 1 amide bonds. The lowest BCUT2D eigenvalue weighted by atomic mass is 10.2. The van der Waals surface area contributed by atoms with Crippen molar-refractivity contribution >= 4 is 34.8 Å². The van der Waals surface area contributed by atoms with Crippen LogP contribution in [0.5, 0.6) is 0 Å². The van der Waals surface area contributed by atoms with E-state index in [9.17, 15) is 4.79 Å². The summed E-state index contributed by atoms with van der Waals surface area (Å²) in [4.78, 5) is 11.7. The van der Waals surface area contributed by atoms with Crippen LogP contribution in [0.3, 0.4) is 0 Å². The first kappa shape index (κ1) is 12.9. The van der Waals surface area contributed by atoms with Gasteiger partial charge < -0.3 is 5.73 Å². The van der Waals surface area contributed by atoms with E-state index >= 15 is 0 Å². The zero-order chi connectivity index (χ0) is 13.3. The highest BCUT2D eigenvalue weighted by Gasteiger charge is 2.25. The second-order valence-corrected chi connectivity index (χ2v) is 5.88. The van der Waals surface area contributed by atoms with Gasteiger partial charge in [0.25, 0.3) is 5.91 Å². The Morgan fingerprint density at radius 2 is 2.17 bits per heavy atom. The Kier molecular flexibility index (Phi) is 3.58. The van der Waals surface area contributed by atoms with Crippen LogP contribution in [0, 0.1) is 6.92 Å². The molecule has 0 aliphatic heterocycles. The van der Waals surface area contributed by atoms with Crippen molar-refractivity contribution in [2.75, 3.05) is 12.0 Å². The van der Waals surface area contributed by atoms with Gasteiger partial charge in [0.15, 0.2) is 4.88 Å². The molecule has 1 aromatic heterocycles. The Morgan fingerprint density at radius 1 is 1.44 bits per heavy atom. The molecule has 2 rings (SSSR count). The van der Waals surface area contributed by atoms with E-state index in [1.807, 2.05) is 42.0 Å². The predicted molar refractivity (Wildman–Crippen MR) is 75.3 cm³/mol. The molecule has 0 aliphatic rings. The topological polar surface area (TPSA) is 73.0 Å². The molecule has 1 aromatic carbocycles. The molecule has 4 nitrogen and oxygen atoms in total. The molecule has 0 fully saturated rings. The van der Waals surface area contributed by atoms with Gasteiger partial charge in [-0.05, 0) is 30.9 Å². The largest absolute Gasteiger partial charge is 0.365 e. The first-order valence-corrected chi connectivity index (χ1v) is 7.34. The van der Waals surface area contributed by atoms with E-state index in [0.29, 0.717) is 10.7 Å². The van der Waals surface area contributed by atoms with Gasteiger partial charge in [-0.2, -0.15) is 4.57 Å². The van der Waals surface area contributed by atoms with Gasteiger partial charge in [-0.15, -0.1) is 0 Å². The van der Waals surface area contributed by atoms with E-state index in [4.69, 9.17) is 11.5 Å². The molecular formula is C12H14N3OS2+. The Bertz CT molecular complexity index is 607. The van der Waals surface area contributed by atoms with Crippen LogP contribution in [0.4, 0.5) is 5.82 Å². The lowest BCUT2D eigenvalue weighted by Gasteiger charge is -2.02. The summed E-state index contributed by atoms with van der Waals surface area (Å²) >= 11 is 2.86. The molecule has 6 heteroatoms. The summed E-state index contributed by atoms with van der Waals surface area (Å²) in [5, 5.41) is 0. The van der Waals surface area contributed by atoms with Crippen LogP contribution >= 0.6 is 23.1 Å². The number of nitrogens with two attached hydrogens (primary N) is 2. The van der Waals surface area contributed by atoms with E-state index in [0.717, 1.165) is 15.6 Å². The second-order valence-electron chi connectivity index (χ2n) is 3.83. The van der Waals surface area contributed by atoms with E-state index in [1.165, 1.54) is 11.3 Å². The Hall–Kier alpha value is -1.53. The van der Waals surface area contributed by atoms with Crippen molar-refractivity contribution in [3.8, 4) is 5.69 Å². The third kappa shape index (κ3) is 2.21. The van der Waals surface area contributed by atoms with Crippen molar-refractivity contribution in [2.24, 2.45) is 5.73 Å². The van der Waals surface area contributed by atoms with Crippen molar-refractivity contribution in [1.29, 1.82) is 0 Å². The predicted octanol–water partition coefficient (Wildman–Crippen LogP) is 1.74. The minimum atomic E-state index is -0.487. The highest BCUT2D eigenvalue weighted by atomic mass is 32.2. The van der Waals surface area contributed by atoms with Gasteiger partial charge in [0.2, 0.25) is 4.34 Å². The summed E-state index contributed by atoms with van der Waals surface area (Å²) in [6, 6.07) is 7.96. The number of hydrogen-bond acceptors (Lipinski definition) is 4. The van der Waals surface area contributed by atoms with Crippen LogP contribution in [0.2, 0.25) is 0 Å². The molecule has 18 heavy (non-hydrogen) atoms. The number of rotatable bonds is 3. The number of carbonyl (C=O) groups excluding carboxylic acids is 1. The number of hydrogen-bond donors (Lipinski definition) is 2. The summed E-state index contributed by atoms with van der Waals surface area (Å²) in [6.07, 6.45) is 1.95. The second kappa shape index (κ2) is 4.99. The van der Waals surface area contributed by atoms with Crippen LogP contribution in [0.1, 0.15) is 15.2 Å². The lowest BCUT2D eigenvalue weighted by molar-refractivity contribution is -0.613. The monoisotopic (exact) mass is 280 g/mol. The molecule has 0 unspecified atom stereocenters. The van der Waals surface area contributed by atoms with Crippen molar-refractivity contribution in [1.82, 2.24) is 0 Å². The van der Waals surface area contributed by atoms with E-state index < -0.39 is 5.91 Å². The molecule has 1 heterocycles. The number of nitrogen functional groups attached to an aromatic ring is 1. The fourth-order valence-corrected chi connectivity index (χ4v) is 3.44. The van der Waals surface area contributed by atoms with Crippen molar-refractivity contribution < 1.29 is 9.36 Å². The average molecular weight is 280 g/mol. The number of amides is 1. The summed E-state index contributed by atoms with van der Waals surface area (Å²) in [6.45, 7) is 2.01. The van der Waals surface area contributed by atoms with E-state index in [1.54, 1.807) is 11.8 Å². The number of benzene rings is 1. The molecule has 0 spiro atoms. The van der Waals surface area contributed by atoms with Crippen LogP contribution in [0.15, 0.2) is 28.6 Å². The van der Waals surface area contributed by atoms with Gasteiger partial charge in [-0.3, -0.25) is 10.5 Å². The maximum atomic E-state index is 11.3. The maximum Gasteiger partial charge on any atom is 0.302 e. The standard InChI is InChI=1S/C12H13N3OS2/c1-7-4-3-5-8(6-7)15-10(13)9(11(14)16)18-12(15)17-2/h3-6H,1-2H3,(H3-,13,14,16)/p+1. The van der Waals surface area contributed by atoms with Crippen LogP contribution < -0.4 is 16.0 Å². The lowest BCUT2D eigenvalue weighted by Crippen LogP contribution is -2.35. The van der Waals surface area contributed by atoms with E-state index in [-0.39, 0.29) is 0 Å². The third-order valence-electron chi connectivity index (χ3n) is 2.50. The highest BCUT2D eigenvalue weighted by molar-refractivity contribution is 8.00. The maximum absolute atomic E-state index is 11.3. The zero-order valence-corrected chi connectivity index (χ0v) is 11.8. The fraction of sp³-hybridized carbons (Fsp3) is 0.167. The number of nitrogens with zero attached hydrogens (tertiary/aromatic N) is 1. The number of thioether (sulfide) groups is 1. The highest BCUT2D eigenvalue weighted by Crippen LogP contribution is 2.27. The number of primary amides is 1. The molecule has 0 saturated heterocycles. The van der Waals surface area contributed by atoms with Gasteiger partial charge in [0, 0.05) is 0 Å². The van der Waals surface area contributed by atoms with Crippen molar-refractivity contribution in [3.63, 3.8) is 0 Å². The minimum Gasteiger partial charge on any atom is -0.365 e. The first-order valence-electron chi connectivity index (χ1n) is 5.29. The summed E-state index contributed by atoms with van der Waals surface area (Å²) in [7, 11) is 0. The van der Waals surface area contributed by atoms with Gasteiger partial charge in [-0.25, -0.2) is 0 Å². The van der Waals surface area contributed by atoms with Gasteiger partial charge in [-0.1, -0.05) is 35.2 Å². The van der Waals surface area contributed by atoms with Crippen LogP contribution in [-0.2, 0) is 0 Å². The number of aromatic nitrogens is 1. The molecule has 2 aromatic rings. The smallest absolute Gasteiger partial charge is 0.302 e. The number of aryl methyl sites for hydroxylation is 1. The van der Waals surface area contributed by atoms with E-state index in [2.05, 4.69) is 0 Å². The normalized spacial score (nSPS) is 10.6. The molecular weight excluding hydrogens is 266 g/mol. The SMILES string of the molecule is CSc1sc(C(N)=O)c(N)[n+]1-c1cccc(C)c1. The molecule has 0 aliphatic carbocycles. The summed E-state index contributed by atoms with van der Waals surface area (Å²) < 4.78 is 2.80. The molecule has 0 saturated carbocycles. The summed E-state index contributed by atoms with van der Waals surface area (Å²) in [5.74, 6) is -0.0818. The van der Waals surface area contributed by atoms with Gasteiger partial charge in [0.1, 0.15) is 5.69 Å². The summed E-state index contributed by atoms with van der Waals surface area (Å²) in [5.41, 5.74) is 13.4. The molecule has 4 N–H and O–H groups in total. The quantitative estimate of drug-likeness (QED) is 0.664. The fourth-order valence-electron chi connectivity index (χ4n) is 1.71. The molecule has 0 bridgehead atoms. The Morgan fingerprint density at radius 3 is 2.72 bits per heavy atom. The Balaban J connectivity index is 2.66. The molecule has 0 atom stereocenters. The number of anilines is 1. The van der Waals surface area contributed by atoms with Gasteiger partial charge in [0.05, 0.1) is 0 Å².